The average molecular weight is 409 g/mol. The number of hydrogen-bond acceptors (Lipinski definition) is 6. The summed E-state index contributed by atoms with van der Waals surface area (Å²) < 4.78 is 1.68. The largest absolute Gasteiger partial charge is 0.480 e. The fourth-order valence-corrected chi connectivity index (χ4v) is 3.26. The minimum absolute atomic E-state index is 0.0610. The second-order valence-corrected chi connectivity index (χ2v) is 7.22. The van der Waals surface area contributed by atoms with Gasteiger partial charge in [0.1, 0.15) is 19.4 Å². The zero-order valence-corrected chi connectivity index (χ0v) is 17.0. The van der Waals surface area contributed by atoms with Gasteiger partial charge >= 0.3 is 5.97 Å². The Morgan fingerprint density at radius 2 is 1.87 bits per heavy atom. The van der Waals surface area contributed by atoms with Crippen molar-refractivity contribution in [2.24, 2.45) is 0 Å². The molecule has 3 aromatic rings. The molecule has 0 aliphatic rings. The van der Waals surface area contributed by atoms with Gasteiger partial charge < -0.3 is 19.9 Å². The van der Waals surface area contributed by atoms with E-state index in [2.05, 4.69) is 15.3 Å². The Bertz CT molecular complexity index is 1090. The number of carbonyl (C=O) groups excluding carboxylic acids is 2. The lowest BCUT2D eigenvalue weighted by molar-refractivity contribution is -0.146. The van der Waals surface area contributed by atoms with Gasteiger partial charge in [-0.2, -0.15) is 0 Å². The number of fused-ring (bicyclic) bond motifs is 1. The highest BCUT2D eigenvalue weighted by atomic mass is 16.4. The number of rotatable bonds is 8. The minimum atomic E-state index is -1.07. The van der Waals surface area contributed by atoms with Crippen molar-refractivity contribution in [2.75, 3.05) is 11.9 Å². The fraction of sp³-hybridized carbons (Fsp3) is 0.286. The summed E-state index contributed by atoms with van der Waals surface area (Å²) in [6.45, 7) is 4.57. The highest BCUT2D eigenvalue weighted by molar-refractivity contribution is 6.08. The van der Waals surface area contributed by atoms with E-state index in [1.165, 1.54) is 18.2 Å². The Morgan fingerprint density at radius 1 is 1.17 bits per heavy atom. The van der Waals surface area contributed by atoms with Crippen molar-refractivity contribution in [1.82, 2.24) is 19.4 Å². The van der Waals surface area contributed by atoms with Crippen molar-refractivity contribution in [3.05, 3.63) is 48.7 Å². The van der Waals surface area contributed by atoms with Gasteiger partial charge in [-0.1, -0.05) is 0 Å². The van der Waals surface area contributed by atoms with Gasteiger partial charge in [-0.3, -0.25) is 14.4 Å². The first-order chi connectivity index (χ1) is 14.3. The lowest BCUT2D eigenvalue weighted by Crippen LogP contribution is -2.42. The van der Waals surface area contributed by atoms with Crippen LogP contribution in [-0.2, 0) is 16.1 Å². The maximum Gasteiger partial charge on any atom is 0.323 e. The first-order valence-corrected chi connectivity index (χ1v) is 9.43. The van der Waals surface area contributed by atoms with Crippen LogP contribution in [0.1, 0.15) is 31.1 Å². The number of anilines is 2. The summed E-state index contributed by atoms with van der Waals surface area (Å²) in [6.07, 6.45) is 6.34. The summed E-state index contributed by atoms with van der Waals surface area (Å²) in [6, 6.07) is 5.22. The van der Waals surface area contributed by atoms with Crippen LogP contribution in [0.15, 0.2) is 43.1 Å². The highest BCUT2D eigenvalue weighted by Crippen LogP contribution is 2.27. The molecular formula is C21H23N5O4. The van der Waals surface area contributed by atoms with Crippen LogP contribution in [0.3, 0.4) is 0 Å². The molecule has 1 amide bonds. The second kappa shape index (κ2) is 8.73. The van der Waals surface area contributed by atoms with Crippen molar-refractivity contribution >= 4 is 39.9 Å². The van der Waals surface area contributed by atoms with Crippen molar-refractivity contribution in [2.45, 2.75) is 33.4 Å². The number of carboxylic acid groups (broad SMARTS) is 1. The third kappa shape index (κ3) is 4.62. The predicted molar refractivity (Wildman–Crippen MR) is 112 cm³/mol. The zero-order valence-electron chi connectivity index (χ0n) is 17.0. The van der Waals surface area contributed by atoms with E-state index in [0.717, 1.165) is 5.69 Å². The number of aliphatic carboxylic acids is 1. The molecule has 0 saturated heterocycles. The monoisotopic (exact) mass is 409 g/mol. The van der Waals surface area contributed by atoms with E-state index >= 15 is 0 Å². The third-order valence-corrected chi connectivity index (χ3v) is 4.66. The number of carboxylic acids is 1. The number of benzene rings is 1. The molecule has 9 nitrogen and oxygen atoms in total. The van der Waals surface area contributed by atoms with Crippen molar-refractivity contribution in [1.29, 1.82) is 0 Å². The summed E-state index contributed by atoms with van der Waals surface area (Å²) in [5.41, 5.74) is 2.65. The Labute approximate surface area is 173 Å². The fourth-order valence-electron chi connectivity index (χ4n) is 3.26. The molecule has 0 radical (unpaired) electrons. The summed E-state index contributed by atoms with van der Waals surface area (Å²) >= 11 is 0. The van der Waals surface area contributed by atoms with Crippen molar-refractivity contribution in [3.8, 4) is 0 Å². The van der Waals surface area contributed by atoms with Crippen LogP contribution in [0.25, 0.3) is 10.9 Å². The normalized spacial score (nSPS) is 10.9. The number of hydrogen-bond donors (Lipinski definition) is 2. The molecule has 2 N–H and O–H groups in total. The quantitative estimate of drug-likeness (QED) is 0.549. The average Bonchev–Trinajstić information content (AvgIpc) is 3.04. The third-order valence-electron chi connectivity index (χ3n) is 4.66. The molecule has 0 aliphatic heterocycles. The number of aromatic nitrogens is 3. The van der Waals surface area contributed by atoms with Gasteiger partial charge in [0.2, 0.25) is 5.91 Å². The van der Waals surface area contributed by atoms with E-state index in [0.29, 0.717) is 22.2 Å². The lowest BCUT2D eigenvalue weighted by Gasteiger charge is -2.25. The molecule has 9 heteroatoms. The molecule has 0 aliphatic carbocycles. The number of nitrogens with one attached hydrogen (secondary N) is 1. The standard InChI is InChI=1S/C21H23N5O4/c1-13(2)26(11-21(29)30)20(28)10-25-9-18(14(3)27)17-6-15(4-5-19(17)25)24-16-7-22-12-23-8-16/h4-9,12-13,24H,10-11H2,1-3H3,(H,29,30). The molecule has 2 heterocycles. The van der Waals surface area contributed by atoms with Gasteiger partial charge in [-0.25, -0.2) is 9.97 Å². The van der Waals surface area contributed by atoms with Crippen LogP contribution >= 0.6 is 0 Å². The highest BCUT2D eigenvalue weighted by Gasteiger charge is 2.22. The van der Waals surface area contributed by atoms with E-state index in [9.17, 15) is 14.4 Å². The van der Waals surface area contributed by atoms with E-state index in [-0.39, 0.29) is 30.8 Å². The molecule has 1 aromatic carbocycles. The number of carbonyl (C=O) groups is 3. The van der Waals surface area contributed by atoms with Gasteiger partial charge in [-0.05, 0) is 39.0 Å². The van der Waals surface area contributed by atoms with E-state index in [1.807, 2.05) is 18.2 Å². The zero-order chi connectivity index (χ0) is 21.8. The number of nitrogens with zero attached hydrogens (tertiary/aromatic N) is 4. The van der Waals surface area contributed by atoms with Crippen LogP contribution in [-0.4, -0.2) is 54.8 Å². The summed E-state index contributed by atoms with van der Waals surface area (Å²) in [7, 11) is 0. The summed E-state index contributed by atoms with van der Waals surface area (Å²) in [5.74, 6) is -1.53. The summed E-state index contributed by atoms with van der Waals surface area (Å²) in [5, 5.41) is 13.0. The Kier molecular flexibility index (Phi) is 6.10. The molecule has 0 bridgehead atoms. The second-order valence-electron chi connectivity index (χ2n) is 7.22. The SMILES string of the molecule is CC(=O)c1cn(CC(=O)N(CC(=O)O)C(C)C)c2ccc(Nc3cncnc3)cc12. The van der Waals surface area contributed by atoms with E-state index < -0.39 is 5.97 Å². The maximum atomic E-state index is 12.8. The van der Waals surface area contributed by atoms with Gasteiger partial charge in [0.15, 0.2) is 5.78 Å². The first kappa shape index (κ1) is 21.0. The molecule has 0 saturated carbocycles. The molecular weight excluding hydrogens is 386 g/mol. The number of Topliss-reactive ketones (excluding diaryl/α,β-unsaturated/α-hetero) is 1. The van der Waals surface area contributed by atoms with Crippen LogP contribution in [0, 0.1) is 0 Å². The predicted octanol–water partition coefficient (Wildman–Crippen LogP) is 2.70. The maximum absolute atomic E-state index is 12.8. The Morgan fingerprint density at radius 3 is 2.47 bits per heavy atom. The first-order valence-electron chi connectivity index (χ1n) is 9.43. The Balaban J connectivity index is 1.94. The molecule has 3 rings (SSSR count). The van der Waals surface area contributed by atoms with Crippen molar-refractivity contribution in [3.63, 3.8) is 0 Å². The lowest BCUT2D eigenvalue weighted by atomic mass is 10.1. The van der Waals surface area contributed by atoms with Gasteiger partial charge in [0, 0.05) is 34.4 Å². The molecule has 156 valence electrons. The van der Waals surface area contributed by atoms with Crippen LogP contribution < -0.4 is 5.32 Å². The topological polar surface area (TPSA) is 117 Å². The number of ketones is 1. The van der Waals surface area contributed by atoms with Crippen LogP contribution in [0.5, 0.6) is 0 Å². The van der Waals surface area contributed by atoms with Gasteiger partial charge in [-0.15, -0.1) is 0 Å². The molecule has 2 aromatic heterocycles. The van der Waals surface area contributed by atoms with Crippen LogP contribution in [0.4, 0.5) is 11.4 Å². The molecule has 30 heavy (non-hydrogen) atoms. The van der Waals surface area contributed by atoms with Crippen molar-refractivity contribution < 1.29 is 19.5 Å². The van der Waals surface area contributed by atoms with Crippen LogP contribution in [0.2, 0.25) is 0 Å². The molecule has 0 spiro atoms. The summed E-state index contributed by atoms with van der Waals surface area (Å²) in [4.78, 5) is 45.3. The number of amides is 1. The Hall–Kier alpha value is -3.75. The molecule has 0 unspecified atom stereocenters. The van der Waals surface area contributed by atoms with E-state index in [1.54, 1.807) is 37.0 Å². The van der Waals surface area contributed by atoms with Gasteiger partial charge in [0.25, 0.3) is 0 Å². The van der Waals surface area contributed by atoms with Gasteiger partial charge in [0.05, 0.1) is 18.1 Å². The van der Waals surface area contributed by atoms with E-state index in [4.69, 9.17) is 5.11 Å². The molecule has 0 fully saturated rings. The smallest absolute Gasteiger partial charge is 0.323 e. The minimum Gasteiger partial charge on any atom is -0.480 e. The molecule has 0 atom stereocenters.